The Hall–Kier alpha value is -3.52. The zero-order chi connectivity index (χ0) is 22.0. The normalized spacial score (nSPS) is 10.5. The first kappa shape index (κ1) is 20.7. The Morgan fingerprint density at radius 2 is 1.68 bits per heavy atom. The lowest BCUT2D eigenvalue weighted by molar-refractivity contribution is 0.483. The van der Waals surface area contributed by atoms with Gasteiger partial charge < -0.3 is 10.5 Å². The third kappa shape index (κ3) is 4.20. The summed E-state index contributed by atoms with van der Waals surface area (Å²) in [6.07, 6.45) is 0. The summed E-state index contributed by atoms with van der Waals surface area (Å²) in [4.78, 5) is 4.48. The fourth-order valence-electron chi connectivity index (χ4n) is 3.45. The van der Waals surface area contributed by atoms with Crippen LogP contribution >= 0.6 is 23.2 Å². The number of hydrogen-bond acceptors (Lipinski definition) is 4. The van der Waals surface area contributed by atoms with Crippen molar-refractivity contribution in [1.29, 1.82) is 5.26 Å². The number of para-hydroxylation sites is 1. The second-order valence-corrected chi connectivity index (χ2v) is 7.74. The van der Waals surface area contributed by atoms with Crippen LogP contribution in [0.3, 0.4) is 0 Å². The zero-order valence-corrected chi connectivity index (χ0v) is 18.1. The molecule has 0 fully saturated rings. The van der Waals surface area contributed by atoms with Gasteiger partial charge >= 0.3 is 0 Å². The Bertz CT molecular complexity index is 1310. The molecule has 152 valence electrons. The van der Waals surface area contributed by atoms with Crippen molar-refractivity contribution in [2.24, 2.45) is 0 Å². The molecule has 0 spiro atoms. The Labute approximate surface area is 190 Å². The summed E-state index contributed by atoms with van der Waals surface area (Å²) < 4.78 is 5.97. The van der Waals surface area contributed by atoms with Crippen LogP contribution in [-0.4, -0.2) is 4.98 Å². The van der Waals surface area contributed by atoms with Gasteiger partial charge in [-0.15, -0.1) is 0 Å². The zero-order valence-electron chi connectivity index (χ0n) is 16.6. The number of ether oxygens (including phenoxy) is 1. The van der Waals surface area contributed by atoms with Crippen LogP contribution in [0.25, 0.3) is 22.4 Å². The maximum Gasteiger partial charge on any atom is 0.142 e. The highest BCUT2D eigenvalue weighted by Gasteiger charge is 2.20. The number of nitrogen functional groups attached to an aromatic ring is 1. The first-order chi connectivity index (χ1) is 15.0. The van der Waals surface area contributed by atoms with Gasteiger partial charge in [-0.25, -0.2) is 4.98 Å². The van der Waals surface area contributed by atoms with E-state index in [-0.39, 0.29) is 5.82 Å². The molecular formula is C25H17Cl2N3O. The number of aromatic nitrogens is 1. The number of nitrogens with two attached hydrogens (primary N) is 1. The van der Waals surface area contributed by atoms with Crippen molar-refractivity contribution in [3.05, 3.63) is 94.0 Å². The van der Waals surface area contributed by atoms with Crippen molar-refractivity contribution >= 4 is 29.0 Å². The fourth-order valence-corrected chi connectivity index (χ4v) is 3.95. The van der Waals surface area contributed by atoms with E-state index in [2.05, 4.69) is 11.1 Å². The molecule has 0 bridgehead atoms. The van der Waals surface area contributed by atoms with Crippen molar-refractivity contribution < 1.29 is 4.74 Å². The lowest BCUT2D eigenvalue weighted by Crippen LogP contribution is -2.03. The molecule has 0 amide bonds. The van der Waals surface area contributed by atoms with E-state index in [9.17, 15) is 5.26 Å². The molecule has 0 atom stereocenters. The fraction of sp³-hybridized carbons (Fsp3) is 0.0400. The summed E-state index contributed by atoms with van der Waals surface area (Å²) in [6, 6.07) is 24.4. The first-order valence-corrected chi connectivity index (χ1v) is 10.2. The number of pyridine rings is 1. The van der Waals surface area contributed by atoms with Crippen LogP contribution < -0.4 is 10.5 Å². The van der Waals surface area contributed by atoms with Gasteiger partial charge in [0.15, 0.2) is 0 Å². The van der Waals surface area contributed by atoms with Crippen molar-refractivity contribution in [3.63, 3.8) is 0 Å². The average molecular weight is 446 g/mol. The lowest BCUT2D eigenvalue weighted by atomic mass is 9.92. The van der Waals surface area contributed by atoms with E-state index >= 15 is 0 Å². The lowest BCUT2D eigenvalue weighted by Gasteiger charge is -2.16. The summed E-state index contributed by atoms with van der Waals surface area (Å²) >= 11 is 12.5. The predicted octanol–water partition coefficient (Wildman–Crippen LogP) is 7.28. The Morgan fingerprint density at radius 1 is 0.935 bits per heavy atom. The molecule has 31 heavy (non-hydrogen) atoms. The Balaban J connectivity index is 1.88. The van der Waals surface area contributed by atoms with Gasteiger partial charge in [-0.2, -0.15) is 5.26 Å². The second-order valence-electron chi connectivity index (χ2n) is 6.90. The molecule has 3 aromatic carbocycles. The van der Waals surface area contributed by atoms with Gasteiger partial charge in [-0.1, -0.05) is 53.5 Å². The van der Waals surface area contributed by atoms with Crippen LogP contribution in [0.2, 0.25) is 10.0 Å². The van der Waals surface area contributed by atoms with Gasteiger partial charge in [0.05, 0.1) is 10.7 Å². The highest BCUT2D eigenvalue weighted by molar-refractivity contribution is 6.36. The molecule has 2 N–H and O–H groups in total. The van der Waals surface area contributed by atoms with E-state index in [1.54, 1.807) is 18.2 Å². The van der Waals surface area contributed by atoms with E-state index in [1.807, 2.05) is 61.5 Å². The molecule has 1 aromatic heterocycles. The van der Waals surface area contributed by atoms with Gasteiger partial charge in [0.2, 0.25) is 0 Å². The standard InChI is InChI=1S/C25H17Cl2N3O/c1-15-23(16-6-5-9-19(12-16)31-18-7-3-2-4-8-18)21(14-28)25(29)30-24(15)20-11-10-17(26)13-22(20)27/h2-13H,1H3,(H2,29,30). The predicted molar refractivity (Wildman–Crippen MR) is 126 cm³/mol. The highest BCUT2D eigenvalue weighted by atomic mass is 35.5. The van der Waals surface area contributed by atoms with E-state index in [1.165, 1.54) is 0 Å². The second kappa shape index (κ2) is 8.69. The number of hydrogen-bond donors (Lipinski definition) is 1. The topological polar surface area (TPSA) is 71.9 Å². The number of anilines is 1. The Morgan fingerprint density at radius 3 is 2.39 bits per heavy atom. The summed E-state index contributed by atoms with van der Waals surface area (Å²) in [5.41, 5.74) is 10.1. The van der Waals surface area contributed by atoms with Gasteiger partial charge in [0, 0.05) is 16.1 Å². The minimum atomic E-state index is 0.137. The first-order valence-electron chi connectivity index (χ1n) is 9.47. The number of benzene rings is 3. The largest absolute Gasteiger partial charge is 0.457 e. The van der Waals surface area contributed by atoms with E-state index < -0.39 is 0 Å². The molecule has 0 aliphatic heterocycles. The van der Waals surface area contributed by atoms with Crippen LogP contribution in [0.4, 0.5) is 5.82 Å². The van der Waals surface area contributed by atoms with Crippen molar-refractivity contribution in [1.82, 2.24) is 4.98 Å². The molecule has 0 unspecified atom stereocenters. The van der Waals surface area contributed by atoms with Gasteiger partial charge in [0.25, 0.3) is 0 Å². The summed E-state index contributed by atoms with van der Waals surface area (Å²) in [5.74, 6) is 1.51. The SMILES string of the molecule is Cc1c(-c2ccc(Cl)cc2Cl)nc(N)c(C#N)c1-c1cccc(Oc2ccccc2)c1. The van der Waals surface area contributed by atoms with E-state index in [4.69, 9.17) is 33.7 Å². The van der Waals surface area contributed by atoms with E-state index in [0.29, 0.717) is 38.2 Å². The Kier molecular flexibility index (Phi) is 5.81. The molecular weight excluding hydrogens is 429 g/mol. The van der Waals surface area contributed by atoms with Gasteiger partial charge in [-0.05, 0) is 60.5 Å². The third-order valence-corrected chi connectivity index (χ3v) is 5.42. The van der Waals surface area contributed by atoms with Crippen LogP contribution in [0.1, 0.15) is 11.1 Å². The van der Waals surface area contributed by atoms with Crippen LogP contribution in [0.5, 0.6) is 11.5 Å². The molecule has 6 heteroatoms. The monoisotopic (exact) mass is 445 g/mol. The summed E-state index contributed by atoms with van der Waals surface area (Å²) in [5, 5.41) is 10.8. The quantitative estimate of drug-likeness (QED) is 0.358. The minimum Gasteiger partial charge on any atom is -0.457 e. The molecule has 0 radical (unpaired) electrons. The molecule has 4 aromatic rings. The third-order valence-electron chi connectivity index (χ3n) is 4.87. The molecule has 0 aliphatic carbocycles. The van der Waals surface area contributed by atoms with Crippen molar-refractivity contribution in [3.8, 4) is 40.0 Å². The van der Waals surface area contributed by atoms with Crippen LogP contribution in [0.15, 0.2) is 72.8 Å². The van der Waals surface area contributed by atoms with E-state index in [0.717, 1.165) is 16.9 Å². The molecule has 0 saturated carbocycles. The summed E-state index contributed by atoms with van der Waals surface area (Å²) in [6.45, 7) is 1.90. The molecule has 1 heterocycles. The molecule has 0 aliphatic rings. The molecule has 4 rings (SSSR count). The maximum absolute atomic E-state index is 9.80. The van der Waals surface area contributed by atoms with Crippen LogP contribution in [-0.2, 0) is 0 Å². The van der Waals surface area contributed by atoms with Crippen molar-refractivity contribution in [2.45, 2.75) is 6.92 Å². The van der Waals surface area contributed by atoms with Crippen LogP contribution in [0, 0.1) is 18.3 Å². The number of halogens is 2. The highest BCUT2D eigenvalue weighted by Crippen LogP contribution is 2.39. The van der Waals surface area contributed by atoms with Crippen molar-refractivity contribution in [2.75, 3.05) is 5.73 Å². The average Bonchev–Trinajstić information content (AvgIpc) is 2.76. The summed E-state index contributed by atoms with van der Waals surface area (Å²) in [7, 11) is 0. The van der Waals surface area contributed by atoms with Gasteiger partial charge in [0.1, 0.15) is 28.9 Å². The van der Waals surface area contributed by atoms with Gasteiger partial charge in [-0.3, -0.25) is 0 Å². The number of nitriles is 1. The smallest absolute Gasteiger partial charge is 0.142 e. The number of rotatable bonds is 4. The maximum atomic E-state index is 9.80. The number of nitrogens with zero attached hydrogens (tertiary/aromatic N) is 2. The molecule has 0 saturated heterocycles. The minimum absolute atomic E-state index is 0.137. The molecule has 4 nitrogen and oxygen atoms in total.